The molecule has 0 aliphatic carbocycles. The van der Waals surface area contributed by atoms with Crippen molar-refractivity contribution < 1.29 is 0 Å². The van der Waals surface area contributed by atoms with Gasteiger partial charge in [-0.15, -0.1) is 0 Å². The summed E-state index contributed by atoms with van der Waals surface area (Å²) in [6, 6.07) is 5.93. The standard InChI is InChI=1S/C8H20Si.4CH4/c1-5-9(6-2,7-3)8-4;;;;/h5-8H2,1-4H3;4*1H4. The molecule has 0 atom stereocenters. The largest absolute Gasteiger partial charge is 0.0776 e. The predicted octanol–water partition coefficient (Wildman–Crippen LogP) is 6.06. The van der Waals surface area contributed by atoms with Gasteiger partial charge in [-0.3, -0.25) is 0 Å². The maximum absolute atomic E-state index is 2.36. The summed E-state index contributed by atoms with van der Waals surface area (Å²) in [5.41, 5.74) is 0. The van der Waals surface area contributed by atoms with Crippen LogP contribution >= 0.6 is 0 Å². The lowest BCUT2D eigenvalue weighted by Gasteiger charge is -2.25. The van der Waals surface area contributed by atoms with Crippen LogP contribution in [0.2, 0.25) is 24.2 Å². The van der Waals surface area contributed by atoms with Gasteiger partial charge >= 0.3 is 0 Å². The van der Waals surface area contributed by atoms with E-state index in [1.807, 2.05) is 0 Å². The molecule has 0 aromatic heterocycles. The fourth-order valence-electron chi connectivity index (χ4n) is 1.50. The highest BCUT2D eigenvalue weighted by Gasteiger charge is 2.23. The van der Waals surface area contributed by atoms with Crippen molar-refractivity contribution in [3.63, 3.8) is 0 Å². The van der Waals surface area contributed by atoms with E-state index in [2.05, 4.69) is 27.7 Å². The molecule has 0 unspecified atom stereocenters. The lowest BCUT2D eigenvalue weighted by atomic mass is 10.9. The van der Waals surface area contributed by atoms with Crippen molar-refractivity contribution in [3.05, 3.63) is 0 Å². The Hall–Kier alpha value is 0.217. The van der Waals surface area contributed by atoms with Crippen molar-refractivity contribution in [2.24, 2.45) is 0 Å². The third kappa shape index (κ3) is 8.54. The zero-order chi connectivity index (χ0) is 7.33. The lowest BCUT2D eigenvalue weighted by molar-refractivity contribution is 1.11. The quantitative estimate of drug-likeness (QED) is 0.493. The van der Waals surface area contributed by atoms with Crippen molar-refractivity contribution in [2.75, 3.05) is 0 Å². The average Bonchev–Trinajstić information content (AvgIpc) is 1.95. The number of rotatable bonds is 4. The molecule has 0 aromatic carbocycles. The summed E-state index contributed by atoms with van der Waals surface area (Å²) < 4.78 is 0. The Morgan fingerprint density at radius 2 is 0.692 bits per heavy atom. The maximum atomic E-state index is 2.36. The van der Waals surface area contributed by atoms with Crippen LogP contribution in [0.3, 0.4) is 0 Å². The van der Waals surface area contributed by atoms with Crippen LogP contribution in [0.5, 0.6) is 0 Å². The van der Waals surface area contributed by atoms with E-state index in [0.717, 1.165) is 0 Å². The second-order valence-electron chi connectivity index (χ2n) is 2.91. The van der Waals surface area contributed by atoms with Crippen LogP contribution in [0.25, 0.3) is 0 Å². The molecular formula is C12H36Si. The average molecular weight is 209 g/mol. The normalized spacial score (nSPS) is 8.31. The predicted molar refractivity (Wildman–Crippen MR) is 74.6 cm³/mol. The van der Waals surface area contributed by atoms with E-state index in [1.54, 1.807) is 0 Å². The monoisotopic (exact) mass is 208 g/mol. The van der Waals surface area contributed by atoms with Gasteiger partial charge in [0.05, 0.1) is 8.07 Å². The van der Waals surface area contributed by atoms with Crippen molar-refractivity contribution in [3.8, 4) is 0 Å². The molecule has 0 spiro atoms. The highest BCUT2D eigenvalue weighted by Crippen LogP contribution is 2.23. The van der Waals surface area contributed by atoms with Gasteiger partial charge in [0.25, 0.3) is 0 Å². The minimum atomic E-state index is -0.691. The molecule has 0 aliphatic heterocycles. The molecule has 0 rings (SSSR count). The van der Waals surface area contributed by atoms with Gasteiger partial charge in [-0.1, -0.05) is 81.6 Å². The third-order valence-electron chi connectivity index (χ3n) is 3.00. The van der Waals surface area contributed by atoms with Gasteiger partial charge in [0.2, 0.25) is 0 Å². The molecule has 0 saturated carbocycles. The number of hydrogen-bond donors (Lipinski definition) is 0. The topological polar surface area (TPSA) is 0 Å². The molecule has 0 N–H and O–H groups in total. The summed E-state index contributed by atoms with van der Waals surface area (Å²) >= 11 is 0. The van der Waals surface area contributed by atoms with Gasteiger partial charge in [0.15, 0.2) is 0 Å². The molecule has 0 heterocycles. The Labute approximate surface area is 90.2 Å². The molecule has 0 saturated heterocycles. The number of hydrogen-bond acceptors (Lipinski definition) is 0. The minimum Gasteiger partial charge on any atom is -0.0776 e. The molecule has 0 aromatic rings. The molecule has 0 amide bonds. The first-order chi connectivity index (χ1) is 4.24. The molecule has 0 nitrogen and oxygen atoms in total. The smallest absolute Gasteiger partial charge is 0.0524 e. The van der Waals surface area contributed by atoms with E-state index in [-0.39, 0.29) is 29.7 Å². The van der Waals surface area contributed by atoms with Gasteiger partial charge in [-0.25, -0.2) is 0 Å². The molecular weight excluding hydrogens is 172 g/mol. The first-order valence-corrected chi connectivity index (χ1v) is 7.07. The third-order valence-corrected chi connectivity index (χ3v) is 9.00. The van der Waals surface area contributed by atoms with E-state index in [1.165, 1.54) is 24.2 Å². The van der Waals surface area contributed by atoms with Crippen molar-refractivity contribution >= 4 is 8.07 Å². The molecule has 0 bridgehead atoms. The van der Waals surface area contributed by atoms with Gasteiger partial charge in [-0.2, -0.15) is 0 Å². The molecule has 0 radical (unpaired) electrons. The Morgan fingerprint density at radius 1 is 0.538 bits per heavy atom. The zero-order valence-electron chi connectivity index (χ0n) is 7.33. The molecule has 1 heteroatoms. The highest BCUT2D eigenvalue weighted by atomic mass is 28.3. The van der Waals surface area contributed by atoms with Crippen LogP contribution in [-0.4, -0.2) is 8.07 Å². The zero-order valence-corrected chi connectivity index (χ0v) is 8.33. The Balaban J connectivity index is -0.0000000533. The molecule has 0 fully saturated rings. The molecule has 88 valence electrons. The van der Waals surface area contributed by atoms with E-state index in [9.17, 15) is 0 Å². The summed E-state index contributed by atoms with van der Waals surface area (Å²) in [7, 11) is -0.691. The van der Waals surface area contributed by atoms with Crippen LogP contribution < -0.4 is 0 Å². The molecule has 13 heavy (non-hydrogen) atoms. The summed E-state index contributed by atoms with van der Waals surface area (Å²) in [6.45, 7) is 9.46. The van der Waals surface area contributed by atoms with Crippen molar-refractivity contribution in [2.45, 2.75) is 81.6 Å². The van der Waals surface area contributed by atoms with Gasteiger partial charge in [0, 0.05) is 0 Å². The second kappa shape index (κ2) is 14.7. The van der Waals surface area contributed by atoms with Gasteiger partial charge in [-0.05, 0) is 0 Å². The maximum Gasteiger partial charge on any atom is 0.0524 e. The summed E-state index contributed by atoms with van der Waals surface area (Å²) in [5, 5.41) is 0. The summed E-state index contributed by atoms with van der Waals surface area (Å²) in [6.07, 6.45) is 0. The fourth-order valence-corrected chi connectivity index (χ4v) is 4.50. The fraction of sp³-hybridized carbons (Fsp3) is 1.00. The van der Waals surface area contributed by atoms with Crippen LogP contribution in [0.4, 0.5) is 0 Å². The SMILES string of the molecule is C.C.C.C.CC[Si](CC)(CC)CC. The van der Waals surface area contributed by atoms with E-state index >= 15 is 0 Å². The first kappa shape index (κ1) is 29.2. The summed E-state index contributed by atoms with van der Waals surface area (Å²) in [5.74, 6) is 0. The van der Waals surface area contributed by atoms with Gasteiger partial charge < -0.3 is 0 Å². The van der Waals surface area contributed by atoms with Crippen LogP contribution in [0.15, 0.2) is 0 Å². The second-order valence-corrected chi connectivity index (χ2v) is 8.74. The van der Waals surface area contributed by atoms with Crippen molar-refractivity contribution in [1.82, 2.24) is 0 Å². The van der Waals surface area contributed by atoms with Crippen LogP contribution in [-0.2, 0) is 0 Å². The van der Waals surface area contributed by atoms with E-state index in [4.69, 9.17) is 0 Å². The van der Waals surface area contributed by atoms with E-state index in [0.29, 0.717) is 0 Å². The van der Waals surface area contributed by atoms with Crippen LogP contribution in [0, 0.1) is 0 Å². The Morgan fingerprint density at radius 3 is 0.692 bits per heavy atom. The Kier molecular flexibility index (Phi) is 33.1. The minimum absolute atomic E-state index is 0. The summed E-state index contributed by atoms with van der Waals surface area (Å²) in [4.78, 5) is 0. The van der Waals surface area contributed by atoms with Gasteiger partial charge in [0.1, 0.15) is 0 Å². The van der Waals surface area contributed by atoms with E-state index < -0.39 is 8.07 Å². The lowest BCUT2D eigenvalue weighted by Crippen LogP contribution is -2.29. The van der Waals surface area contributed by atoms with Crippen molar-refractivity contribution in [1.29, 1.82) is 0 Å². The Bertz CT molecular complexity index is 48.0. The highest BCUT2D eigenvalue weighted by molar-refractivity contribution is 6.79. The first-order valence-electron chi connectivity index (χ1n) is 4.24. The van der Waals surface area contributed by atoms with Crippen LogP contribution in [0.1, 0.15) is 57.4 Å². The molecule has 0 aliphatic rings.